The highest BCUT2D eigenvalue weighted by molar-refractivity contribution is 5.76. The normalized spacial score (nSPS) is 48.1. The van der Waals surface area contributed by atoms with Crippen molar-refractivity contribution < 1.29 is 25.2 Å². The van der Waals surface area contributed by atoms with E-state index in [0.717, 1.165) is 25.7 Å². The summed E-state index contributed by atoms with van der Waals surface area (Å²) < 4.78 is 0. The van der Waals surface area contributed by atoms with Crippen LogP contribution in [-0.2, 0) is 4.79 Å². The predicted molar refractivity (Wildman–Crippen MR) is 93.8 cm³/mol. The summed E-state index contributed by atoms with van der Waals surface area (Å²) in [5, 5.41) is 40.0. The van der Waals surface area contributed by atoms with Crippen LogP contribution in [-0.4, -0.2) is 45.2 Å². The minimum atomic E-state index is -1.11. The van der Waals surface area contributed by atoms with E-state index in [1.165, 1.54) is 5.57 Å². The first-order valence-corrected chi connectivity index (χ1v) is 9.49. The molecule has 2 fully saturated rings. The average Bonchev–Trinajstić information content (AvgIpc) is 2.57. The Labute approximate surface area is 149 Å². The zero-order valence-corrected chi connectivity index (χ0v) is 15.5. The highest BCUT2D eigenvalue weighted by Crippen LogP contribution is 2.63. The number of hydrogen-bond acceptors (Lipinski definition) is 4. The molecule has 0 aromatic heterocycles. The number of rotatable bonds is 3. The van der Waals surface area contributed by atoms with E-state index in [9.17, 15) is 25.2 Å². The molecule has 0 aromatic carbocycles. The number of aliphatic hydroxyl groups is 3. The SMILES string of the molecule is C[C@]1([C@H](O)CO)CC[C@H]2C(=CC[C@H]3[C@]2(C)CC[C@H](O)[C@@]3(C)C(=O)O)C1. The smallest absolute Gasteiger partial charge is 0.312 e. The van der Waals surface area contributed by atoms with Gasteiger partial charge in [-0.15, -0.1) is 0 Å². The highest BCUT2D eigenvalue weighted by Gasteiger charge is 2.61. The van der Waals surface area contributed by atoms with E-state index < -0.39 is 23.6 Å². The third kappa shape index (κ3) is 2.58. The second-order valence-electron chi connectivity index (χ2n) is 9.34. The molecule has 3 aliphatic rings. The van der Waals surface area contributed by atoms with Crippen molar-refractivity contribution in [3.05, 3.63) is 11.6 Å². The Kier molecular flexibility index (Phi) is 4.58. The van der Waals surface area contributed by atoms with E-state index in [1.807, 2.05) is 6.92 Å². The quantitative estimate of drug-likeness (QED) is 0.585. The van der Waals surface area contributed by atoms with Gasteiger partial charge in [-0.25, -0.2) is 0 Å². The van der Waals surface area contributed by atoms with Crippen LogP contribution in [0.15, 0.2) is 11.6 Å². The van der Waals surface area contributed by atoms with Gasteiger partial charge in [0.05, 0.1) is 24.2 Å². The number of allylic oxidation sites excluding steroid dienone is 2. The van der Waals surface area contributed by atoms with E-state index in [0.29, 0.717) is 18.8 Å². The van der Waals surface area contributed by atoms with Gasteiger partial charge in [-0.05, 0) is 68.1 Å². The summed E-state index contributed by atoms with van der Waals surface area (Å²) >= 11 is 0. The summed E-state index contributed by atoms with van der Waals surface area (Å²) in [7, 11) is 0. The van der Waals surface area contributed by atoms with Crippen LogP contribution in [0.25, 0.3) is 0 Å². The average molecular weight is 352 g/mol. The molecule has 0 spiro atoms. The fraction of sp³-hybridized carbons (Fsp3) is 0.850. The molecule has 142 valence electrons. The molecule has 0 aromatic rings. The molecule has 3 aliphatic carbocycles. The van der Waals surface area contributed by atoms with Gasteiger partial charge in [0.25, 0.3) is 0 Å². The molecule has 0 radical (unpaired) electrons. The third-order valence-electron chi connectivity index (χ3n) is 8.08. The molecular weight excluding hydrogens is 320 g/mol. The van der Waals surface area contributed by atoms with Gasteiger partial charge in [0, 0.05) is 0 Å². The van der Waals surface area contributed by atoms with Crippen molar-refractivity contribution in [1.29, 1.82) is 0 Å². The number of carboxylic acids is 1. The molecule has 0 bridgehead atoms. The second kappa shape index (κ2) is 6.07. The molecule has 0 heterocycles. The maximum absolute atomic E-state index is 12.0. The van der Waals surface area contributed by atoms with Crippen molar-refractivity contribution in [2.75, 3.05) is 6.61 Å². The molecule has 5 heteroatoms. The fourth-order valence-corrected chi connectivity index (χ4v) is 6.14. The fourth-order valence-electron chi connectivity index (χ4n) is 6.14. The summed E-state index contributed by atoms with van der Waals surface area (Å²) in [5.74, 6) is -0.678. The number of carbonyl (C=O) groups is 1. The van der Waals surface area contributed by atoms with Gasteiger partial charge in [-0.3, -0.25) is 4.79 Å². The van der Waals surface area contributed by atoms with Crippen LogP contribution in [0, 0.1) is 28.1 Å². The molecular formula is C20H32O5. The Morgan fingerprint density at radius 2 is 1.96 bits per heavy atom. The number of aliphatic carboxylic acids is 1. The Morgan fingerprint density at radius 1 is 1.28 bits per heavy atom. The lowest BCUT2D eigenvalue weighted by Gasteiger charge is -2.60. The second-order valence-corrected chi connectivity index (χ2v) is 9.34. The number of hydrogen-bond donors (Lipinski definition) is 4. The van der Waals surface area contributed by atoms with Crippen molar-refractivity contribution in [2.24, 2.45) is 28.1 Å². The van der Waals surface area contributed by atoms with Crippen LogP contribution in [0.4, 0.5) is 0 Å². The van der Waals surface area contributed by atoms with Crippen LogP contribution < -0.4 is 0 Å². The van der Waals surface area contributed by atoms with Gasteiger partial charge >= 0.3 is 5.97 Å². The van der Waals surface area contributed by atoms with Gasteiger partial charge in [0.15, 0.2) is 0 Å². The Balaban J connectivity index is 1.95. The molecule has 0 amide bonds. The first kappa shape index (κ1) is 18.9. The van der Waals surface area contributed by atoms with E-state index in [1.54, 1.807) is 6.92 Å². The molecule has 2 saturated carbocycles. The molecule has 25 heavy (non-hydrogen) atoms. The monoisotopic (exact) mass is 352 g/mol. The van der Waals surface area contributed by atoms with Gasteiger partial charge < -0.3 is 20.4 Å². The van der Waals surface area contributed by atoms with Crippen LogP contribution >= 0.6 is 0 Å². The maximum Gasteiger partial charge on any atom is 0.312 e. The molecule has 0 saturated heterocycles. The maximum atomic E-state index is 12.0. The van der Waals surface area contributed by atoms with Gasteiger partial charge in [0.2, 0.25) is 0 Å². The number of fused-ring (bicyclic) bond motifs is 3. The molecule has 0 aliphatic heterocycles. The van der Waals surface area contributed by atoms with E-state index >= 15 is 0 Å². The Morgan fingerprint density at radius 3 is 2.56 bits per heavy atom. The van der Waals surface area contributed by atoms with Crippen molar-refractivity contribution in [2.45, 2.75) is 71.5 Å². The summed E-state index contributed by atoms with van der Waals surface area (Å²) in [6, 6.07) is 0. The summed E-state index contributed by atoms with van der Waals surface area (Å²) in [4.78, 5) is 12.0. The zero-order valence-electron chi connectivity index (χ0n) is 15.5. The van der Waals surface area contributed by atoms with Crippen molar-refractivity contribution in [3.63, 3.8) is 0 Å². The van der Waals surface area contributed by atoms with E-state index in [2.05, 4.69) is 13.0 Å². The van der Waals surface area contributed by atoms with E-state index in [4.69, 9.17) is 0 Å². The molecule has 5 nitrogen and oxygen atoms in total. The Bertz CT molecular complexity index is 587. The van der Waals surface area contributed by atoms with Gasteiger partial charge in [-0.2, -0.15) is 0 Å². The third-order valence-corrected chi connectivity index (χ3v) is 8.08. The number of aliphatic hydroxyl groups excluding tert-OH is 3. The lowest BCUT2D eigenvalue weighted by Crippen LogP contribution is -2.59. The van der Waals surface area contributed by atoms with E-state index in [-0.39, 0.29) is 23.4 Å². The minimum absolute atomic E-state index is 0.0814. The largest absolute Gasteiger partial charge is 0.481 e. The molecule has 4 N–H and O–H groups in total. The summed E-state index contributed by atoms with van der Waals surface area (Å²) in [6.07, 6.45) is 5.14. The van der Waals surface area contributed by atoms with Crippen LogP contribution in [0.5, 0.6) is 0 Å². The molecule has 7 atom stereocenters. The number of carboxylic acid groups (broad SMARTS) is 1. The van der Waals surface area contributed by atoms with Crippen LogP contribution in [0.3, 0.4) is 0 Å². The Hall–Kier alpha value is -0.910. The highest BCUT2D eigenvalue weighted by atomic mass is 16.4. The van der Waals surface area contributed by atoms with Crippen LogP contribution in [0.1, 0.15) is 59.3 Å². The first-order chi connectivity index (χ1) is 11.6. The van der Waals surface area contributed by atoms with Gasteiger partial charge in [-0.1, -0.05) is 25.5 Å². The van der Waals surface area contributed by atoms with Crippen molar-refractivity contribution >= 4 is 5.97 Å². The molecule has 0 unspecified atom stereocenters. The van der Waals surface area contributed by atoms with Crippen molar-refractivity contribution in [1.82, 2.24) is 0 Å². The zero-order chi connectivity index (χ0) is 18.6. The summed E-state index contributed by atoms with van der Waals surface area (Å²) in [6.45, 7) is 5.72. The molecule has 3 rings (SSSR count). The summed E-state index contributed by atoms with van der Waals surface area (Å²) in [5.41, 5.74) is -0.253. The van der Waals surface area contributed by atoms with Crippen LogP contribution in [0.2, 0.25) is 0 Å². The lowest BCUT2D eigenvalue weighted by atomic mass is 9.44. The van der Waals surface area contributed by atoms with Gasteiger partial charge in [0.1, 0.15) is 0 Å². The predicted octanol–water partition coefficient (Wildman–Crippen LogP) is 2.34. The minimum Gasteiger partial charge on any atom is -0.481 e. The first-order valence-electron chi connectivity index (χ1n) is 9.49. The van der Waals surface area contributed by atoms with Crippen molar-refractivity contribution in [3.8, 4) is 0 Å². The topological polar surface area (TPSA) is 98.0 Å². The lowest BCUT2D eigenvalue weighted by molar-refractivity contribution is -0.182. The standard InChI is InChI=1S/C20H32O5/c1-18(16(23)11-21)8-6-13-12(10-18)4-5-14-19(13,2)9-7-15(22)20(14,3)17(24)25/h4,13-16,21-23H,5-11H2,1-3H3,(H,24,25)/t13-,14-,15-,16+,18-,19+,20-/m0/s1.